The fraction of sp³-hybridized carbons (Fsp3) is 0.278. The molecule has 0 radical (unpaired) electrons. The standard InChI is InChI=1S/C18H18F3NO2S/c1-13-4-2-6-15(10-13)24-9-8-22-17(23)12-25-16-7-3-5-14(11-16)18(19,20)21/h2-7,10-11H,8-9,12H2,1H3,(H,22,23). The Morgan fingerprint density at radius 3 is 2.64 bits per heavy atom. The van der Waals surface area contributed by atoms with Crippen molar-refractivity contribution in [3.05, 3.63) is 59.7 Å². The van der Waals surface area contributed by atoms with Crippen molar-refractivity contribution in [1.82, 2.24) is 5.32 Å². The van der Waals surface area contributed by atoms with Crippen molar-refractivity contribution in [3.8, 4) is 5.75 Å². The number of ether oxygens (including phenoxy) is 1. The lowest BCUT2D eigenvalue weighted by atomic mass is 10.2. The predicted octanol–water partition coefficient (Wildman–Crippen LogP) is 4.30. The van der Waals surface area contributed by atoms with Crippen LogP contribution in [-0.4, -0.2) is 24.8 Å². The summed E-state index contributed by atoms with van der Waals surface area (Å²) in [5.74, 6) is 0.522. The Morgan fingerprint density at radius 2 is 1.92 bits per heavy atom. The molecule has 0 unspecified atom stereocenters. The zero-order valence-corrected chi connectivity index (χ0v) is 14.4. The van der Waals surface area contributed by atoms with E-state index in [2.05, 4.69) is 5.32 Å². The summed E-state index contributed by atoms with van der Waals surface area (Å²) in [6.45, 7) is 2.61. The number of carbonyl (C=O) groups excluding carboxylic acids is 1. The number of alkyl halides is 3. The van der Waals surface area contributed by atoms with E-state index in [1.807, 2.05) is 31.2 Å². The smallest absolute Gasteiger partial charge is 0.416 e. The van der Waals surface area contributed by atoms with E-state index in [-0.39, 0.29) is 11.7 Å². The third kappa shape index (κ3) is 6.70. The van der Waals surface area contributed by atoms with Gasteiger partial charge in [-0.25, -0.2) is 0 Å². The molecule has 0 bridgehead atoms. The molecule has 2 rings (SSSR count). The quantitative estimate of drug-likeness (QED) is 0.584. The van der Waals surface area contributed by atoms with E-state index in [4.69, 9.17) is 4.74 Å². The SMILES string of the molecule is Cc1cccc(OCCNC(=O)CSc2cccc(C(F)(F)F)c2)c1. The number of hydrogen-bond acceptors (Lipinski definition) is 3. The number of aryl methyl sites for hydroxylation is 1. The van der Waals surface area contributed by atoms with Crippen molar-refractivity contribution in [3.63, 3.8) is 0 Å². The Labute approximate surface area is 148 Å². The second-order valence-electron chi connectivity index (χ2n) is 5.33. The van der Waals surface area contributed by atoms with Gasteiger partial charge in [0.05, 0.1) is 17.9 Å². The fourth-order valence-corrected chi connectivity index (χ4v) is 2.81. The third-order valence-electron chi connectivity index (χ3n) is 3.21. The van der Waals surface area contributed by atoms with Crippen molar-refractivity contribution in [2.75, 3.05) is 18.9 Å². The second kappa shape index (κ2) is 8.80. The minimum atomic E-state index is -4.38. The summed E-state index contributed by atoms with van der Waals surface area (Å²) in [7, 11) is 0. The fourth-order valence-electron chi connectivity index (χ4n) is 2.03. The molecule has 0 saturated carbocycles. The highest BCUT2D eigenvalue weighted by Gasteiger charge is 2.30. The Bertz CT molecular complexity index is 719. The lowest BCUT2D eigenvalue weighted by Crippen LogP contribution is -2.29. The molecule has 2 aromatic rings. The van der Waals surface area contributed by atoms with Gasteiger partial charge in [-0.3, -0.25) is 4.79 Å². The molecule has 0 aliphatic rings. The highest BCUT2D eigenvalue weighted by Crippen LogP contribution is 2.31. The number of rotatable bonds is 7. The first kappa shape index (κ1) is 19.2. The van der Waals surface area contributed by atoms with Gasteiger partial charge in [-0.2, -0.15) is 13.2 Å². The van der Waals surface area contributed by atoms with Gasteiger partial charge >= 0.3 is 6.18 Å². The molecule has 25 heavy (non-hydrogen) atoms. The molecule has 0 heterocycles. The average molecular weight is 369 g/mol. The maximum absolute atomic E-state index is 12.6. The van der Waals surface area contributed by atoms with Crippen molar-refractivity contribution in [2.24, 2.45) is 0 Å². The van der Waals surface area contributed by atoms with Gasteiger partial charge in [0.1, 0.15) is 12.4 Å². The van der Waals surface area contributed by atoms with Crippen LogP contribution in [0.2, 0.25) is 0 Å². The van der Waals surface area contributed by atoms with Crippen molar-refractivity contribution in [1.29, 1.82) is 0 Å². The molecule has 0 spiro atoms. The Kier molecular flexibility index (Phi) is 6.75. The molecule has 0 aromatic heterocycles. The van der Waals surface area contributed by atoms with E-state index in [1.165, 1.54) is 6.07 Å². The monoisotopic (exact) mass is 369 g/mol. The minimum absolute atomic E-state index is 0.0474. The number of nitrogens with one attached hydrogen (secondary N) is 1. The van der Waals surface area contributed by atoms with Crippen LogP contribution >= 0.6 is 11.8 Å². The summed E-state index contributed by atoms with van der Waals surface area (Å²) in [5.41, 5.74) is 0.364. The Morgan fingerprint density at radius 1 is 1.16 bits per heavy atom. The van der Waals surface area contributed by atoms with E-state index in [1.54, 1.807) is 6.07 Å². The first-order valence-corrected chi connectivity index (χ1v) is 8.59. The van der Waals surface area contributed by atoms with Crippen LogP contribution in [-0.2, 0) is 11.0 Å². The van der Waals surface area contributed by atoms with Crippen LogP contribution in [0.5, 0.6) is 5.75 Å². The van der Waals surface area contributed by atoms with Gasteiger partial charge in [-0.15, -0.1) is 11.8 Å². The second-order valence-corrected chi connectivity index (χ2v) is 6.38. The van der Waals surface area contributed by atoms with Gasteiger partial charge in [0.2, 0.25) is 5.91 Å². The van der Waals surface area contributed by atoms with Gasteiger partial charge in [0, 0.05) is 4.90 Å². The maximum Gasteiger partial charge on any atom is 0.416 e. The van der Waals surface area contributed by atoms with Gasteiger partial charge < -0.3 is 10.1 Å². The summed E-state index contributed by atoms with van der Waals surface area (Å²) < 4.78 is 43.4. The summed E-state index contributed by atoms with van der Waals surface area (Å²) in [6, 6.07) is 12.5. The van der Waals surface area contributed by atoms with Crippen LogP contribution < -0.4 is 10.1 Å². The lowest BCUT2D eigenvalue weighted by Gasteiger charge is -2.09. The van der Waals surface area contributed by atoms with Crippen molar-refractivity contribution < 1.29 is 22.7 Å². The predicted molar refractivity (Wildman–Crippen MR) is 91.9 cm³/mol. The Balaban J connectivity index is 1.70. The minimum Gasteiger partial charge on any atom is -0.492 e. The molecule has 134 valence electrons. The summed E-state index contributed by atoms with van der Waals surface area (Å²) in [6.07, 6.45) is -4.38. The van der Waals surface area contributed by atoms with E-state index < -0.39 is 11.7 Å². The first-order valence-electron chi connectivity index (χ1n) is 7.61. The lowest BCUT2D eigenvalue weighted by molar-refractivity contribution is -0.137. The molecule has 0 fully saturated rings. The number of carbonyl (C=O) groups is 1. The van der Waals surface area contributed by atoms with Gasteiger partial charge in [-0.1, -0.05) is 18.2 Å². The molecular weight excluding hydrogens is 351 g/mol. The Hall–Kier alpha value is -2.15. The van der Waals surface area contributed by atoms with Crippen LogP contribution in [0, 0.1) is 6.92 Å². The van der Waals surface area contributed by atoms with E-state index in [9.17, 15) is 18.0 Å². The molecule has 3 nitrogen and oxygen atoms in total. The highest BCUT2D eigenvalue weighted by molar-refractivity contribution is 8.00. The van der Waals surface area contributed by atoms with Crippen LogP contribution in [0.3, 0.4) is 0 Å². The summed E-state index contributed by atoms with van der Waals surface area (Å²) in [4.78, 5) is 12.2. The number of hydrogen-bond donors (Lipinski definition) is 1. The summed E-state index contributed by atoms with van der Waals surface area (Å²) in [5, 5.41) is 2.68. The maximum atomic E-state index is 12.6. The number of thioether (sulfide) groups is 1. The molecule has 0 saturated heterocycles. The normalized spacial score (nSPS) is 11.2. The zero-order chi connectivity index (χ0) is 18.3. The zero-order valence-electron chi connectivity index (χ0n) is 13.6. The van der Waals surface area contributed by atoms with Crippen LogP contribution in [0.4, 0.5) is 13.2 Å². The van der Waals surface area contributed by atoms with Gasteiger partial charge in [-0.05, 0) is 42.8 Å². The third-order valence-corrected chi connectivity index (χ3v) is 4.21. The topological polar surface area (TPSA) is 38.3 Å². The van der Waals surface area contributed by atoms with E-state index in [0.29, 0.717) is 18.0 Å². The molecule has 0 aliphatic carbocycles. The average Bonchev–Trinajstić information content (AvgIpc) is 2.56. The highest BCUT2D eigenvalue weighted by atomic mass is 32.2. The largest absolute Gasteiger partial charge is 0.492 e. The molecule has 7 heteroatoms. The summed E-state index contributed by atoms with van der Waals surface area (Å²) >= 11 is 1.06. The van der Waals surface area contributed by atoms with Crippen LogP contribution in [0.15, 0.2) is 53.4 Å². The molecular formula is C18H18F3NO2S. The van der Waals surface area contributed by atoms with E-state index >= 15 is 0 Å². The molecule has 1 N–H and O–H groups in total. The molecule has 1 amide bonds. The molecule has 0 atom stereocenters. The first-order chi connectivity index (χ1) is 11.8. The van der Waals surface area contributed by atoms with Gasteiger partial charge in [0.15, 0.2) is 0 Å². The number of benzene rings is 2. The van der Waals surface area contributed by atoms with Crippen LogP contribution in [0.1, 0.15) is 11.1 Å². The van der Waals surface area contributed by atoms with Gasteiger partial charge in [0.25, 0.3) is 0 Å². The molecule has 2 aromatic carbocycles. The number of halogens is 3. The van der Waals surface area contributed by atoms with Crippen molar-refractivity contribution >= 4 is 17.7 Å². The van der Waals surface area contributed by atoms with Crippen LogP contribution in [0.25, 0.3) is 0 Å². The molecule has 0 aliphatic heterocycles. The number of amides is 1. The van der Waals surface area contributed by atoms with Crippen molar-refractivity contribution in [2.45, 2.75) is 18.0 Å². The van der Waals surface area contributed by atoms with E-state index in [0.717, 1.165) is 35.2 Å².